The number of methoxy groups -OCH3 is 1. The number of hydrogen-bond donors (Lipinski definition) is 1. The Hall–Kier alpha value is -1.55. The summed E-state index contributed by atoms with van der Waals surface area (Å²) in [5.74, 6) is 0.540. The van der Waals surface area contributed by atoms with E-state index in [1.165, 1.54) is 12.1 Å². The van der Waals surface area contributed by atoms with E-state index in [0.29, 0.717) is 6.54 Å². The van der Waals surface area contributed by atoms with Crippen LogP contribution in [0.5, 0.6) is 5.75 Å². The molecular weight excluding hydrogens is 297 g/mol. The summed E-state index contributed by atoms with van der Waals surface area (Å²) in [6.45, 7) is 0.598. The molecule has 2 rings (SSSR count). The van der Waals surface area contributed by atoms with Gasteiger partial charge < -0.3 is 10.1 Å². The van der Waals surface area contributed by atoms with Gasteiger partial charge >= 0.3 is 0 Å². The van der Waals surface area contributed by atoms with Gasteiger partial charge in [-0.2, -0.15) is 0 Å². The Morgan fingerprint density at radius 3 is 2.72 bits per heavy atom. The van der Waals surface area contributed by atoms with Crippen molar-refractivity contribution in [3.8, 4) is 5.75 Å². The van der Waals surface area contributed by atoms with Crippen molar-refractivity contribution >= 4 is 21.6 Å². The lowest BCUT2D eigenvalue weighted by Gasteiger charge is -2.11. The minimum absolute atomic E-state index is 0.247. The van der Waals surface area contributed by atoms with E-state index in [-0.39, 0.29) is 5.82 Å². The van der Waals surface area contributed by atoms with Crippen LogP contribution < -0.4 is 10.1 Å². The average Bonchev–Trinajstić information content (AvgIpc) is 2.38. The van der Waals surface area contributed by atoms with Crippen LogP contribution in [0.1, 0.15) is 5.56 Å². The van der Waals surface area contributed by atoms with E-state index in [4.69, 9.17) is 4.74 Å². The first-order valence-electron chi connectivity index (χ1n) is 5.51. The van der Waals surface area contributed by atoms with Crippen LogP contribution in [-0.4, -0.2) is 7.11 Å². The summed E-state index contributed by atoms with van der Waals surface area (Å²) in [6, 6.07) is 12.3. The Morgan fingerprint density at radius 1 is 1.22 bits per heavy atom. The molecule has 0 bridgehead atoms. The summed E-state index contributed by atoms with van der Waals surface area (Å²) < 4.78 is 19.0. The van der Waals surface area contributed by atoms with Crippen molar-refractivity contribution in [2.75, 3.05) is 12.4 Å². The predicted octanol–water partition coefficient (Wildman–Crippen LogP) is 4.21. The fraction of sp³-hybridized carbons (Fsp3) is 0.143. The Bertz CT molecular complexity index is 545. The summed E-state index contributed by atoms with van der Waals surface area (Å²) in [7, 11) is 1.63. The molecule has 0 radical (unpaired) electrons. The van der Waals surface area contributed by atoms with Crippen molar-refractivity contribution < 1.29 is 9.13 Å². The third kappa shape index (κ3) is 3.01. The standard InChI is InChI=1S/C14H13BrFNO/c1-18-14-5-3-2-4-13(14)17-9-10-6-7-11(16)8-12(10)15/h2-8,17H,9H2,1H3. The average molecular weight is 310 g/mol. The first-order valence-corrected chi connectivity index (χ1v) is 6.31. The van der Waals surface area contributed by atoms with Gasteiger partial charge in [-0.25, -0.2) is 4.39 Å². The van der Waals surface area contributed by atoms with Crippen molar-refractivity contribution in [3.63, 3.8) is 0 Å². The van der Waals surface area contributed by atoms with E-state index < -0.39 is 0 Å². The quantitative estimate of drug-likeness (QED) is 0.913. The van der Waals surface area contributed by atoms with Crippen LogP contribution in [0.2, 0.25) is 0 Å². The summed E-state index contributed by atoms with van der Waals surface area (Å²) in [5.41, 5.74) is 1.90. The van der Waals surface area contributed by atoms with Gasteiger partial charge in [0.2, 0.25) is 0 Å². The maximum absolute atomic E-state index is 13.0. The number of ether oxygens (including phenoxy) is 1. The van der Waals surface area contributed by atoms with Gasteiger partial charge in [-0.1, -0.05) is 34.1 Å². The molecule has 0 spiro atoms. The Morgan fingerprint density at radius 2 is 2.00 bits per heavy atom. The second-order valence-corrected chi connectivity index (χ2v) is 4.64. The molecule has 0 fully saturated rings. The molecule has 0 atom stereocenters. The number of nitrogens with one attached hydrogen (secondary N) is 1. The van der Waals surface area contributed by atoms with Crippen molar-refractivity contribution in [2.24, 2.45) is 0 Å². The number of hydrogen-bond acceptors (Lipinski definition) is 2. The molecule has 2 aromatic carbocycles. The zero-order valence-electron chi connectivity index (χ0n) is 9.91. The lowest BCUT2D eigenvalue weighted by molar-refractivity contribution is 0.416. The first kappa shape index (κ1) is 12.9. The Kier molecular flexibility index (Phi) is 4.20. The number of anilines is 1. The monoisotopic (exact) mass is 309 g/mol. The smallest absolute Gasteiger partial charge is 0.141 e. The van der Waals surface area contributed by atoms with Gasteiger partial charge in [-0.05, 0) is 29.8 Å². The van der Waals surface area contributed by atoms with Crippen LogP contribution in [0.25, 0.3) is 0 Å². The van der Waals surface area contributed by atoms with Gasteiger partial charge in [0.1, 0.15) is 11.6 Å². The molecule has 18 heavy (non-hydrogen) atoms. The number of halogens is 2. The molecule has 0 saturated heterocycles. The van der Waals surface area contributed by atoms with E-state index in [9.17, 15) is 4.39 Å². The molecule has 0 amide bonds. The minimum Gasteiger partial charge on any atom is -0.495 e. The zero-order chi connectivity index (χ0) is 13.0. The molecule has 2 aromatic rings. The summed E-state index contributed by atoms with van der Waals surface area (Å²) in [5, 5.41) is 3.26. The van der Waals surface area contributed by atoms with Crippen molar-refractivity contribution in [3.05, 3.63) is 58.3 Å². The predicted molar refractivity (Wildman–Crippen MR) is 74.4 cm³/mol. The highest BCUT2D eigenvalue weighted by Gasteiger charge is 2.04. The van der Waals surface area contributed by atoms with Crippen LogP contribution in [0.3, 0.4) is 0 Å². The SMILES string of the molecule is COc1ccccc1NCc1ccc(F)cc1Br. The topological polar surface area (TPSA) is 21.3 Å². The maximum atomic E-state index is 13.0. The van der Waals surface area contributed by atoms with Gasteiger partial charge in [-0.3, -0.25) is 0 Å². The molecule has 94 valence electrons. The Labute approximate surface area is 114 Å². The molecular formula is C14H13BrFNO. The van der Waals surface area contributed by atoms with Crippen LogP contribution in [0, 0.1) is 5.82 Å². The third-order valence-corrected chi connectivity index (χ3v) is 3.33. The summed E-state index contributed by atoms with van der Waals surface area (Å²) in [6.07, 6.45) is 0. The molecule has 0 unspecified atom stereocenters. The largest absolute Gasteiger partial charge is 0.495 e. The molecule has 0 aliphatic rings. The van der Waals surface area contributed by atoms with Crippen molar-refractivity contribution in [1.29, 1.82) is 0 Å². The molecule has 1 N–H and O–H groups in total. The van der Waals surface area contributed by atoms with E-state index in [2.05, 4.69) is 21.2 Å². The second kappa shape index (κ2) is 5.87. The summed E-state index contributed by atoms with van der Waals surface area (Å²) in [4.78, 5) is 0. The highest BCUT2D eigenvalue weighted by Crippen LogP contribution is 2.25. The molecule has 0 aliphatic heterocycles. The van der Waals surface area contributed by atoms with E-state index >= 15 is 0 Å². The lowest BCUT2D eigenvalue weighted by atomic mass is 10.2. The van der Waals surface area contributed by atoms with E-state index in [1.807, 2.05) is 24.3 Å². The first-order chi connectivity index (χ1) is 8.70. The maximum Gasteiger partial charge on any atom is 0.141 e. The van der Waals surface area contributed by atoms with Gasteiger partial charge in [-0.15, -0.1) is 0 Å². The van der Waals surface area contributed by atoms with Gasteiger partial charge in [0.15, 0.2) is 0 Å². The van der Waals surface area contributed by atoms with Crippen molar-refractivity contribution in [2.45, 2.75) is 6.54 Å². The van der Waals surface area contributed by atoms with Gasteiger partial charge in [0.25, 0.3) is 0 Å². The molecule has 2 nitrogen and oxygen atoms in total. The minimum atomic E-state index is -0.247. The lowest BCUT2D eigenvalue weighted by Crippen LogP contribution is -2.02. The second-order valence-electron chi connectivity index (χ2n) is 3.79. The van der Waals surface area contributed by atoms with Crippen LogP contribution in [-0.2, 0) is 6.54 Å². The van der Waals surface area contributed by atoms with E-state index in [1.54, 1.807) is 13.2 Å². The molecule has 0 heterocycles. The number of para-hydroxylation sites is 2. The summed E-state index contributed by atoms with van der Waals surface area (Å²) >= 11 is 3.34. The Balaban J connectivity index is 2.11. The van der Waals surface area contributed by atoms with Gasteiger partial charge in [0, 0.05) is 11.0 Å². The fourth-order valence-electron chi connectivity index (χ4n) is 1.65. The van der Waals surface area contributed by atoms with Gasteiger partial charge in [0.05, 0.1) is 12.8 Å². The highest BCUT2D eigenvalue weighted by atomic mass is 79.9. The normalized spacial score (nSPS) is 10.2. The van der Waals surface area contributed by atoms with Crippen molar-refractivity contribution in [1.82, 2.24) is 0 Å². The highest BCUT2D eigenvalue weighted by molar-refractivity contribution is 9.10. The zero-order valence-corrected chi connectivity index (χ0v) is 11.5. The third-order valence-electron chi connectivity index (χ3n) is 2.59. The molecule has 0 aliphatic carbocycles. The fourth-order valence-corrected chi connectivity index (χ4v) is 2.14. The molecule has 4 heteroatoms. The van der Waals surface area contributed by atoms with Crippen LogP contribution in [0.15, 0.2) is 46.9 Å². The molecule has 0 saturated carbocycles. The van der Waals surface area contributed by atoms with Crippen LogP contribution >= 0.6 is 15.9 Å². The number of rotatable bonds is 4. The van der Waals surface area contributed by atoms with E-state index in [0.717, 1.165) is 21.5 Å². The molecule has 0 aromatic heterocycles. The van der Waals surface area contributed by atoms with Crippen LogP contribution in [0.4, 0.5) is 10.1 Å². The number of benzene rings is 2.